The molecule has 0 aliphatic rings. The second-order valence-corrected chi connectivity index (χ2v) is 15.0. The van der Waals surface area contributed by atoms with E-state index in [1.807, 2.05) is 36.5 Å². The number of esters is 2. The highest BCUT2D eigenvalue weighted by atomic mass is 31.2. The van der Waals surface area contributed by atoms with Gasteiger partial charge in [0.1, 0.15) is 12.2 Å². The van der Waals surface area contributed by atoms with E-state index in [2.05, 4.69) is 123 Å². The zero-order chi connectivity index (χ0) is 44.8. The number of ether oxygens (including phenoxy) is 2. The highest BCUT2D eigenvalue weighted by Gasteiger charge is 2.27. The first-order chi connectivity index (χ1) is 29.8. The summed E-state index contributed by atoms with van der Waals surface area (Å²) in [6.07, 6.45) is 59.9. The third kappa shape index (κ3) is 42.3. The van der Waals surface area contributed by atoms with Crippen LogP contribution in [-0.4, -0.2) is 65.7 Å². The first kappa shape index (κ1) is 56.9. The van der Waals surface area contributed by atoms with Gasteiger partial charge in [-0.15, -0.1) is 0 Å². The van der Waals surface area contributed by atoms with Crippen LogP contribution < -0.4 is 0 Å². The molecule has 0 saturated heterocycles. The number of allylic oxidation sites excluding steroid dienone is 24. The number of hydrogen-bond donors (Lipinski definition) is 3. The van der Waals surface area contributed by atoms with Gasteiger partial charge in [-0.1, -0.05) is 160 Å². The summed E-state index contributed by atoms with van der Waals surface area (Å²) < 4.78 is 32.4. The Kier molecular flexibility index (Phi) is 40.9. The zero-order valence-electron chi connectivity index (χ0n) is 36.8. The van der Waals surface area contributed by atoms with Crippen LogP contribution in [-0.2, 0) is 32.7 Å². The Morgan fingerprint density at radius 3 is 0.885 bits per heavy atom. The molecule has 0 heterocycles. The summed E-state index contributed by atoms with van der Waals surface area (Å²) in [5, 5.41) is 19.2. The molecule has 0 amide bonds. The van der Waals surface area contributed by atoms with E-state index in [1.54, 1.807) is 0 Å². The molecule has 11 heteroatoms. The number of rotatable bonds is 38. The van der Waals surface area contributed by atoms with Gasteiger partial charge in [0.2, 0.25) is 0 Å². The van der Waals surface area contributed by atoms with Gasteiger partial charge in [-0.25, -0.2) is 4.57 Å². The van der Waals surface area contributed by atoms with Gasteiger partial charge in [-0.05, 0) is 89.9 Å². The monoisotopic (exact) mass is 867 g/mol. The molecular weight excluding hydrogens is 792 g/mol. The van der Waals surface area contributed by atoms with E-state index >= 15 is 0 Å². The van der Waals surface area contributed by atoms with Gasteiger partial charge in [0.25, 0.3) is 0 Å². The fourth-order valence-electron chi connectivity index (χ4n) is 4.81. The van der Waals surface area contributed by atoms with E-state index in [0.29, 0.717) is 12.8 Å². The lowest BCUT2D eigenvalue weighted by Gasteiger charge is -2.20. The van der Waals surface area contributed by atoms with Crippen molar-refractivity contribution in [2.24, 2.45) is 0 Å². The van der Waals surface area contributed by atoms with Crippen molar-refractivity contribution in [3.63, 3.8) is 0 Å². The number of phosphoric ester groups is 1. The first-order valence-electron chi connectivity index (χ1n) is 21.8. The first-order valence-corrected chi connectivity index (χ1v) is 23.3. The summed E-state index contributed by atoms with van der Waals surface area (Å²) in [5.74, 6) is -1.21. The lowest BCUT2D eigenvalue weighted by atomic mass is 10.2. The standard InChI is InChI=1S/C50H75O10P/c1-3-5-7-9-11-13-15-17-19-21-23-25-27-29-31-33-35-37-39-41-49(53)59-47(43-51)45-57-61(55,56)58-46-48(44-52)60-50(54)42-40-38-36-34-32-30-28-26-24-22-20-18-16-14-12-10-8-6-4-2/h5-8,11-14,17-20,23-26,29-32,35-38,47-48,51-52H,3-4,9-10,15-16,21-22,27-28,33-34,39-46H2,1-2H3,(H,55,56)/b7-5-,8-6-,13-11-,14-12-,19-17-,20-18-,25-23-,26-24-,31-29-,32-30-,37-35-,38-36-/t47-,48-/m0/s1. The Bertz CT molecular complexity index is 1400. The third-order valence-electron chi connectivity index (χ3n) is 8.07. The minimum Gasteiger partial charge on any atom is -0.457 e. The molecule has 0 aromatic heterocycles. The molecule has 0 unspecified atom stereocenters. The fraction of sp³-hybridized carbons (Fsp3) is 0.480. The van der Waals surface area contributed by atoms with Gasteiger partial charge in [-0.2, -0.15) is 0 Å². The van der Waals surface area contributed by atoms with Gasteiger partial charge >= 0.3 is 19.8 Å². The highest BCUT2D eigenvalue weighted by molar-refractivity contribution is 7.47. The SMILES string of the molecule is CC/C=C\C/C=C\C/C=C\C/C=C\C/C=C\C/C=C\CCC(=O)O[C@@H](CO)COP(=O)(O)OC[C@H](CO)OC(=O)CC/C=C\C/C=C\C/C=C\C/C=C\C/C=C\C/C=C\CC. The highest BCUT2D eigenvalue weighted by Crippen LogP contribution is 2.43. The second-order valence-electron chi connectivity index (χ2n) is 13.6. The molecule has 0 aromatic rings. The molecule has 10 nitrogen and oxygen atoms in total. The molecule has 340 valence electrons. The minimum absolute atomic E-state index is 0.0512. The molecule has 0 aliphatic carbocycles. The third-order valence-corrected chi connectivity index (χ3v) is 9.02. The molecule has 61 heavy (non-hydrogen) atoms. The Labute approximate surface area is 367 Å². The lowest BCUT2D eigenvalue weighted by Crippen LogP contribution is -2.28. The average molecular weight is 867 g/mol. The normalized spacial score (nSPS) is 14.4. The van der Waals surface area contributed by atoms with E-state index < -0.39 is 58.4 Å². The largest absolute Gasteiger partial charge is 0.472 e. The second kappa shape index (κ2) is 43.9. The van der Waals surface area contributed by atoms with Crippen LogP contribution in [0.5, 0.6) is 0 Å². The molecule has 0 saturated carbocycles. The van der Waals surface area contributed by atoms with Gasteiger partial charge in [0, 0.05) is 12.8 Å². The molecule has 0 aromatic carbocycles. The van der Waals surface area contributed by atoms with Crippen LogP contribution in [0.2, 0.25) is 0 Å². The summed E-state index contributed by atoms with van der Waals surface area (Å²) in [6, 6.07) is 0. The van der Waals surface area contributed by atoms with Crippen LogP contribution >= 0.6 is 7.82 Å². The maximum Gasteiger partial charge on any atom is 0.472 e. The molecule has 0 spiro atoms. The molecule has 0 rings (SSSR count). The average Bonchev–Trinajstić information content (AvgIpc) is 3.25. The van der Waals surface area contributed by atoms with Crippen LogP contribution in [0.1, 0.15) is 117 Å². The maximum absolute atomic E-state index is 12.4. The maximum atomic E-state index is 12.4. The van der Waals surface area contributed by atoms with Crippen molar-refractivity contribution in [1.29, 1.82) is 0 Å². The van der Waals surface area contributed by atoms with Crippen molar-refractivity contribution < 1.29 is 47.8 Å². The van der Waals surface area contributed by atoms with Crippen molar-refractivity contribution >= 4 is 19.8 Å². The van der Waals surface area contributed by atoms with Crippen molar-refractivity contribution in [2.75, 3.05) is 26.4 Å². The molecule has 0 bridgehead atoms. The van der Waals surface area contributed by atoms with Crippen molar-refractivity contribution in [3.05, 3.63) is 146 Å². The number of carbonyl (C=O) groups excluding carboxylic acids is 2. The van der Waals surface area contributed by atoms with Crippen LogP contribution in [0.4, 0.5) is 0 Å². The Morgan fingerprint density at radius 1 is 0.426 bits per heavy atom. The Balaban J connectivity index is 4.16. The van der Waals surface area contributed by atoms with Crippen molar-refractivity contribution in [1.82, 2.24) is 0 Å². The molecular formula is C50H75O10P. The van der Waals surface area contributed by atoms with Crippen LogP contribution in [0, 0.1) is 0 Å². The van der Waals surface area contributed by atoms with E-state index in [4.69, 9.17) is 18.5 Å². The van der Waals surface area contributed by atoms with Gasteiger partial charge in [0.05, 0.1) is 26.4 Å². The summed E-state index contributed by atoms with van der Waals surface area (Å²) in [6.45, 7) is 1.77. The van der Waals surface area contributed by atoms with Crippen LogP contribution in [0.25, 0.3) is 0 Å². The topological polar surface area (TPSA) is 149 Å². The summed E-state index contributed by atoms with van der Waals surface area (Å²) in [7, 11) is -4.69. The van der Waals surface area contributed by atoms with Gasteiger partial charge in [0.15, 0.2) is 0 Å². The Morgan fingerprint density at radius 2 is 0.656 bits per heavy atom. The van der Waals surface area contributed by atoms with E-state index in [-0.39, 0.29) is 12.8 Å². The molecule has 0 fully saturated rings. The predicted octanol–water partition coefficient (Wildman–Crippen LogP) is 11.9. The van der Waals surface area contributed by atoms with Crippen LogP contribution in [0.3, 0.4) is 0 Å². The number of aliphatic hydroxyl groups is 2. The summed E-state index contributed by atoms with van der Waals surface area (Å²) >= 11 is 0. The van der Waals surface area contributed by atoms with E-state index in [0.717, 1.165) is 77.0 Å². The number of hydrogen-bond acceptors (Lipinski definition) is 9. The zero-order valence-corrected chi connectivity index (χ0v) is 37.7. The predicted molar refractivity (Wildman–Crippen MR) is 251 cm³/mol. The smallest absolute Gasteiger partial charge is 0.457 e. The Hall–Kier alpha value is -4.15. The number of aliphatic hydroxyl groups excluding tert-OH is 2. The summed E-state index contributed by atoms with van der Waals surface area (Å²) in [4.78, 5) is 34.5. The summed E-state index contributed by atoms with van der Waals surface area (Å²) in [5.41, 5.74) is 0. The van der Waals surface area contributed by atoms with Crippen molar-refractivity contribution in [3.8, 4) is 0 Å². The van der Waals surface area contributed by atoms with Crippen molar-refractivity contribution in [2.45, 2.75) is 129 Å². The van der Waals surface area contributed by atoms with E-state index in [9.17, 15) is 29.3 Å². The molecule has 3 N–H and O–H groups in total. The number of phosphoric acid groups is 1. The van der Waals surface area contributed by atoms with Gasteiger partial charge < -0.3 is 24.6 Å². The molecule has 0 aliphatic heterocycles. The lowest BCUT2D eigenvalue weighted by molar-refractivity contribution is -0.153. The van der Waals surface area contributed by atoms with E-state index in [1.165, 1.54) is 0 Å². The minimum atomic E-state index is -4.69. The number of carbonyl (C=O) groups is 2. The quantitative estimate of drug-likeness (QED) is 0.0311. The fourth-order valence-corrected chi connectivity index (χ4v) is 5.59. The van der Waals surface area contributed by atoms with Crippen LogP contribution in [0.15, 0.2) is 146 Å². The van der Waals surface area contributed by atoms with Gasteiger partial charge in [-0.3, -0.25) is 18.6 Å². The molecule has 0 radical (unpaired) electrons. The molecule has 2 atom stereocenters.